The summed E-state index contributed by atoms with van der Waals surface area (Å²) in [6.45, 7) is 1.88. The van der Waals surface area contributed by atoms with Gasteiger partial charge in [-0.15, -0.1) is 0 Å². The van der Waals surface area contributed by atoms with Gasteiger partial charge in [-0.1, -0.05) is 12.5 Å². The fraction of sp³-hybridized carbons (Fsp3) is 0.455. The van der Waals surface area contributed by atoms with Crippen molar-refractivity contribution in [1.82, 2.24) is 5.32 Å². The Bertz CT molecular complexity index is 1440. The first-order valence-corrected chi connectivity index (χ1v) is 15.2. The number of methoxy groups -OCH3 is 4. The van der Waals surface area contributed by atoms with Crippen LogP contribution in [0.5, 0.6) is 23.0 Å². The summed E-state index contributed by atoms with van der Waals surface area (Å²) in [5, 5.41) is 3.45. The van der Waals surface area contributed by atoms with E-state index in [1.54, 1.807) is 28.4 Å². The van der Waals surface area contributed by atoms with E-state index >= 15 is 0 Å². The van der Waals surface area contributed by atoms with Crippen LogP contribution in [0.25, 0.3) is 0 Å². The van der Waals surface area contributed by atoms with Gasteiger partial charge in [0.2, 0.25) is 0 Å². The Labute approximate surface area is 255 Å². The monoisotopic (exact) mass is 639 g/mol. The maximum absolute atomic E-state index is 14.1. The molecular formula is C33H38BrNO7. The molecule has 0 spiro atoms. The standard InChI is InChI=1S/C33H38BrNO7/c1-18-29(33(37)42-22-9-7-6-8-10-22)30(21-13-23(34)32(41-5)28(17-21)40-4)31-24(35-18)14-20(15-25(31)36)19-11-12-26(38-2)27(16-19)39-3/h11-13,16-17,20,22,30,35H,6-10,14-15H2,1-5H3/t20-,30+/m0/s1. The Morgan fingerprint density at radius 3 is 2.21 bits per heavy atom. The lowest BCUT2D eigenvalue weighted by Crippen LogP contribution is -2.37. The average Bonchev–Trinajstić information content (AvgIpc) is 2.99. The first-order chi connectivity index (χ1) is 20.3. The minimum Gasteiger partial charge on any atom is -0.493 e. The molecule has 3 aliphatic rings. The smallest absolute Gasteiger partial charge is 0.337 e. The molecule has 0 unspecified atom stereocenters. The molecular weight excluding hydrogens is 602 g/mol. The largest absolute Gasteiger partial charge is 0.493 e. The summed E-state index contributed by atoms with van der Waals surface area (Å²) >= 11 is 3.61. The number of ketones is 1. The van der Waals surface area contributed by atoms with Crippen molar-refractivity contribution in [1.29, 1.82) is 0 Å². The lowest BCUT2D eigenvalue weighted by molar-refractivity contribution is -0.146. The van der Waals surface area contributed by atoms with Crippen LogP contribution in [-0.2, 0) is 14.3 Å². The summed E-state index contributed by atoms with van der Waals surface area (Å²) in [4.78, 5) is 28.0. The summed E-state index contributed by atoms with van der Waals surface area (Å²) in [5.74, 6) is 1.22. The van der Waals surface area contributed by atoms with E-state index in [4.69, 9.17) is 23.7 Å². The number of allylic oxidation sites excluding steroid dienone is 3. The topological polar surface area (TPSA) is 92.3 Å². The van der Waals surface area contributed by atoms with Gasteiger partial charge in [0.15, 0.2) is 28.8 Å². The highest BCUT2D eigenvalue weighted by molar-refractivity contribution is 9.10. The van der Waals surface area contributed by atoms with E-state index in [-0.39, 0.29) is 23.8 Å². The van der Waals surface area contributed by atoms with Crippen molar-refractivity contribution in [3.8, 4) is 23.0 Å². The van der Waals surface area contributed by atoms with Gasteiger partial charge < -0.3 is 29.0 Å². The second-order valence-corrected chi connectivity index (χ2v) is 11.9. The summed E-state index contributed by atoms with van der Waals surface area (Å²) in [5.41, 5.74) is 4.29. The van der Waals surface area contributed by atoms with Crippen LogP contribution in [0.1, 0.15) is 74.8 Å². The zero-order valence-corrected chi connectivity index (χ0v) is 26.4. The zero-order chi connectivity index (χ0) is 30.0. The molecule has 2 atom stereocenters. The fourth-order valence-corrected chi connectivity index (χ4v) is 7.11. The van der Waals surface area contributed by atoms with Crippen LogP contribution in [0, 0.1) is 0 Å². The summed E-state index contributed by atoms with van der Waals surface area (Å²) in [7, 11) is 6.34. The molecule has 1 aliphatic heterocycles. The number of nitrogens with one attached hydrogen (secondary N) is 1. The number of dihydropyridines is 1. The SMILES string of the molecule is COc1ccc([C@@H]2CC(=O)C3=C(C2)NC(C)=C(C(=O)OC2CCCCC2)[C@H]3c2cc(Br)c(OC)c(OC)c2)cc1OC. The van der Waals surface area contributed by atoms with Gasteiger partial charge in [-0.2, -0.15) is 0 Å². The van der Waals surface area contributed by atoms with Crippen molar-refractivity contribution in [2.45, 2.75) is 69.8 Å². The van der Waals surface area contributed by atoms with Gasteiger partial charge in [-0.05, 0) is 96.3 Å². The van der Waals surface area contributed by atoms with E-state index in [1.165, 1.54) is 0 Å². The zero-order valence-electron chi connectivity index (χ0n) is 24.8. The van der Waals surface area contributed by atoms with Crippen molar-refractivity contribution in [3.63, 3.8) is 0 Å². The number of rotatable bonds is 8. The normalized spacial score (nSPS) is 21.0. The van der Waals surface area contributed by atoms with Crippen LogP contribution in [0.3, 0.4) is 0 Å². The molecule has 1 saturated carbocycles. The molecule has 0 saturated heterocycles. The van der Waals surface area contributed by atoms with Crippen molar-refractivity contribution in [2.75, 3.05) is 28.4 Å². The van der Waals surface area contributed by atoms with Gasteiger partial charge in [-0.3, -0.25) is 4.79 Å². The van der Waals surface area contributed by atoms with E-state index in [1.807, 2.05) is 37.3 Å². The Hall–Kier alpha value is -3.46. The van der Waals surface area contributed by atoms with E-state index in [9.17, 15) is 9.59 Å². The fourth-order valence-electron chi connectivity index (χ4n) is 6.49. The minimum absolute atomic E-state index is 0.0186. The molecule has 2 aromatic rings. The van der Waals surface area contributed by atoms with Crippen LogP contribution in [0.4, 0.5) is 0 Å². The predicted molar refractivity (Wildman–Crippen MR) is 162 cm³/mol. The molecule has 1 heterocycles. The highest BCUT2D eigenvalue weighted by atomic mass is 79.9. The lowest BCUT2D eigenvalue weighted by atomic mass is 9.71. The van der Waals surface area contributed by atoms with Gasteiger partial charge in [0.05, 0.1) is 38.5 Å². The summed E-state index contributed by atoms with van der Waals surface area (Å²) < 4.78 is 28.9. The molecule has 8 nitrogen and oxygen atoms in total. The summed E-state index contributed by atoms with van der Waals surface area (Å²) in [6, 6.07) is 9.53. The molecule has 1 fully saturated rings. The predicted octanol–water partition coefficient (Wildman–Crippen LogP) is 6.72. The number of hydrogen-bond acceptors (Lipinski definition) is 8. The molecule has 42 heavy (non-hydrogen) atoms. The molecule has 1 N–H and O–H groups in total. The Balaban J connectivity index is 1.58. The quantitative estimate of drug-likeness (QED) is 0.318. The number of halogens is 1. The minimum atomic E-state index is -0.618. The van der Waals surface area contributed by atoms with Gasteiger partial charge in [0.1, 0.15) is 6.10 Å². The number of benzene rings is 2. The van der Waals surface area contributed by atoms with Crippen LogP contribution < -0.4 is 24.3 Å². The van der Waals surface area contributed by atoms with Gasteiger partial charge >= 0.3 is 5.97 Å². The highest BCUT2D eigenvalue weighted by Crippen LogP contribution is 2.49. The molecule has 9 heteroatoms. The molecule has 0 aromatic heterocycles. The maximum atomic E-state index is 14.1. The van der Waals surface area contributed by atoms with Gasteiger partial charge in [-0.25, -0.2) is 4.79 Å². The first-order valence-electron chi connectivity index (χ1n) is 14.4. The number of carbonyl (C=O) groups excluding carboxylic acids is 2. The van der Waals surface area contributed by atoms with Crippen LogP contribution >= 0.6 is 15.9 Å². The lowest BCUT2D eigenvalue weighted by Gasteiger charge is -2.37. The van der Waals surface area contributed by atoms with Crippen molar-refractivity contribution >= 4 is 27.7 Å². The molecule has 0 radical (unpaired) electrons. The number of esters is 1. The van der Waals surface area contributed by atoms with Crippen molar-refractivity contribution in [3.05, 3.63) is 68.5 Å². The Morgan fingerprint density at radius 2 is 1.55 bits per heavy atom. The molecule has 2 aliphatic carbocycles. The van der Waals surface area contributed by atoms with Crippen LogP contribution in [0.15, 0.2) is 57.3 Å². The first kappa shape index (κ1) is 30.0. The van der Waals surface area contributed by atoms with Gasteiger partial charge in [0.25, 0.3) is 0 Å². The second-order valence-electron chi connectivity index (χ2n) is 11.0. The number of hydrogen-bond donors (Lipinski definition) is 1. The van der Waals surface area contributed by atoms with Crippen LogP contribution in [0.2, 0.25) is 0 Å². The second kappa shape index (κ2) is 12.8. The third kappa shape index (κ3) is 5.76. The van der Waals surface area contributed by atoms with E-state index in [0.29, 0.717) is 57.2 Å². The number of Topliss-reactive ketones (excluding diaryl/α,β-unsaturated/α-hetero) is 1. The Kier molecular flexibility index (Phi) is 9.16. The average molecular weight is 641 g/mol. The number of carbonyl (C=O) groups is 2. The molecule has 0 amide bonds. The Morgan fingerprint density at radius 1 is 0.857 bits per heavy atom. The van der Waals surface area contributed by atoms with E-state index in [0.717, 1.165) is 48.9 Å². The molecule has 0 bridgehead atoms. The number of ether oxygens (including phenoxy) is 5. The van der Waals surface area contributed by atoms with Crippen LogP contribution in [-0.4, -0.2) is 46.3 Å². The summed E-state index contributed by atoms with van der Waals surface area (Å²) in [6.07, 6.45) is 5.75. The molecule has 224 valence electrons. The van der Waals surface area contributed by atoms with E-state index < -0.39 is 5.92 Å². The molecule has 2 aromatic carbocycles. The third-order valence-electron chi connectivity index (χ3n) is 8.54. The third-order valence-corrected chi connectivity index (χ3v) is 9.13. The van der Waals surface area contributed by atoms with E-state index in [2.05, 4.69) is 21.2 Å². The maximum Gasteiger partial charge on any atom is 0.337 e. The van der Waals surface area contributed by atoms with Crippen molar-refractivity contribution < 1.29 is 33.3 Å². The molecule has 5 rings (SSSR count). The van der Waals surface area contributed by atoms with Crippen molar-refractivity contribution in [2.24, 2.45) is 0 Å². The van der Waals surface area contributed by atoms with Gasteiger partial charge in [0, 0.05) is 29.3 Å². The highest BCUT2D eigenvalue weighted by Gasteiger charge is 2.42.